The minimum atomic E-state index is -0.777. The molecule has 2 aliphatic heterocycles. The van der Waals surface area contributed by atoms with E-state index in [-0.39, 0.29) is 18.0 Å². The van der Waals surface area contributed by atoms with E-state index in [9.17, 15) is 14.0 Å². The van der Waals surface area contributed by atoms with Gasteiger partial charge in [0.15, 0.2) is 0 Å². The van der Waals surface area contributed by atoms with Crippen molar-refractivity contribution in [1.29, 1.82) is 0 Å². The number of primary amides is 1. The molecule has 2 aliphatic rings. The van der Waals surface area contributed by atoms with Crippen molar-refractivity contribution in [1.82, 2.24) is 0 Å². The highest BCUT2D eigenvalue weighted by Crippen LogP contribution is 2.34. The maximum atomic E-state index is 13.3. The largest absolute Gasteiger partial charge is 0.368 e. The van der Waals surface area contributed by atoms with Crippen LogP contribution >= 0.6 is 11.8 Å². The third-order valence-electron chi connectivity index (χ3n) is 4.76. The van der Waals surface area contributed by atoms with Crippen LogP contribution in [0.3, 0.4) is 0 Å². The third-order valence-corrected chi connectivity index (χ3v) is 5.91. The van der Waals surface area contributed by atoms with E-state index in [0.29, 0.717) is 12.2 Å². The highest BCUT2D eigenvalue weighted by Gasteiger charge is 2.37. The van der Waals surface area contributed by atoms with Crippen molar-refractivity contribution in [3.05, 3.63) is 54.3 Å². The summed E-state index contributed by atoms with van der Waals surface area (Å²) in [6, 6.07) is 12.6. The minimum absolute atomic E-state index is 0.122. The summed E-state index contributed by atoms with van der Waals surface area (Å²) in [6.07, 6.45) is 0.983. The molecule has 0 saturated carbocycles. The Hall–Kier alpha value is -2.87. The van der Waals surface area contributed by atoms with Crippen molar-refractivity contribution in [3.63, 3.8) is 0 Å². The van der Waals surface area contributed by atoms with Crippen molar-refractivity contribution in [2.45, 2.75) is 23.8 Å². The molecule has 0 aliphatic carbocycles. The van der Waals surface area contributed by atoms with Gasteiger partial charge in [-0.25, -0.2) is 4.39 Å². The Balaban J connectivity index is 1.66. The normalized spacial score (nSPS) is 19.0. The first-order chi connectivity index (χ1) is 13.5. The van der Waals surface area contributed by atoms with Gasteiger partial charge in [-0.1, -0.05) is 12.1 Å². The molecular formula is C20H19FN4O2S. The van der Waals surface area contributed by atoms with Crippen LogP contribution in [0.25, 0.3) is 0 Å². The van der Waals surface area contributed by atoms with E-state index in [1.807, 2.05) is 24.3 Å². The fraction of sp³-hybridized carbons (Fsp3) is 0.250. The molecule has 0 fully saturated rings. The highest BCUT2D eigenvalue weighted by atomic mass is 32.2. The number of halogens is 1. The number of para-hydroxylation sites is 1. The first kappa shape index (κ1) is 18.5. The topological polar surface area (TPSA) is 79.0 Å². The maximum Gasteiger partial charge on any atom is 0.274 e. The van der Waals surface area contributed by atoms with Gasteiger partial charge < -0.3 is 10.6 Å². The van der Waals surface area contributed by atoms with Crippen LogP contribution in [0.2, 0.25) is 0 Å². The number of carbonyl (C=O) groups is 2. The van der Waals surface area contributed by atoms with Gasteiger partial charge in [0.25, 0.3) is 5.91 Å². The number of hydrogen-bond donors (Lipinski definition) is 1. The van der Waals surface area contributed by atoms with Crippen molar-refractivity contribution in [3.8, 4) is 0 Å². The summed E-state index contributed by atoms with van der Waals surface area (Å²) in [7, 11) is 0. The van der Waals surface area contributed by atoms with Crippen molar-refractivity contribution >= 4 is 40.7 Å². The molecule has 0 spiro atoms. The second-order valence-electron chi connectivity index (χ2n) is 6.62. The standard InChI is InChI=1S/C20H19FN4O2S/c21-13-6-8-14(9-7-13)25-17(19(22)26)12-15(23-25)20(27)24-10-3-11-28-18-5-2-1-4-16(18)24/h1-2,4-9,17H,3,10-12H2,(H2,22,26). The summed E-state index contributed by atoms with van der Waals surface area (Å²) >= 11 is 1.72. The van der Waals surface area contributed by atoms with E-state index in [1.54, 1.807) is 16.7 Å². The Morgan fingerprint density at radius 2 is 1.89 bits per heavy atom. The predicted octanol–water partition coefficient (Wildman–Crippen LogP) is 2.77. The molecule has 1 unspecified atom stereocenters. The number of benzene rings is 2. The predicted molar refractivity (Wildman–Crippen MR) is 108 cm³/mol. The van der Waals surface area contributed by atoms with Gasteiger partial charge in [0, 0.05) is 17.9 Å². The van der Waals surface area contributed by atoms with Crippen LogP contribution in [0.15, 0.2) is 58.5 Å². The van der Waals surface area contributed by atoms with E-state index in [1.165, 1.54) is 29.3 Å². The summed E-state index contributed by atoms with van der Waals surface area (Å²) in [5, 5.41) is 5.81. The van der Waals surface area contributed by atoms with Crippen LogP contribution in [-0.2, 0) is 9.59 Å². The number of fused-ring (bicyclic) bond motifs is 1. The number of rotatable bonds is 3. The first-order valence-electron chi connectivity index (χ1n) is 9.00. The van der Waals surface area contributed by atoms with Gasteiger partial charge >= 0.3 is 0 Å². The lowest BCUT2D eigenvalue weighted by atomic mass is 10.1. The zero-order chi connectivity index (χ0) is 19.7. The Morgan fingerprint density at radius 1 is 1.14 bits per heavy atom. The van der Waals surface area contributed by atoms with Gasteiger partial charge in [0.1, 0.15) is 17.6 Å². The molecule has 4 rings (SSSR count). The van der Waals surface area contributed by atoms with Gasteiger partial charge in [0.2, 0.25) is 5.91 Å². The molecule has 0 bridgehead atoms. The molecule has 2 aromatic rings. The maximum absolute atomic E-state index is 13.3. The Morgan fingerprint density at radius 3 is 2.64 bits per heavy atom. The summed E-state index contributed by atoms with van der Waals surface area (Å²) in [4.78, 5) is 28.0. The third kappa shape index (κ3) is 3.47. The molecule has 8 heteroatoms. The molecule has 0 aromatic heterocycles. The van der Waals surface area contributed by atoms with Crippen LogP contribution in [0, 0.1) is 5.82 Å². The number of thioether (sulfide) groups is 1. The average molecular weight is 398 g/mol. The zero-order valence-electron chi connectivity index (χ0n) is 15.0. The fourth-order valence-corrected chi connectivity index (χ4v) is 4.38. The summed E-state index contributed by atoms with van der Waals surface area (Å²) in [5.41, 5.74) is 7.18. The van der Waals surface area contributed by atoms with E-state index in [2.05, 4.69) is 5.10 Å². The van der Waals surface area contributed by atoms with Crippen LogP contribution in [0.1, 0.15) is 12.8 Å². The monoisotopic (exact) mass is 398 g/mol. The van der Waals surface area contributed by atoms with E-state index >= 15 is 0 Å². The number of amides is 2. The number of nitrogens with two attached hydrogens (primary N) is 1. The fourth-order valence-electron chi connectivity index (χ4n) is 3.39. The number of hydrazone groups is 1. The lowest BCUT2D eigenvalue weighted by Gasteiger charge is -2.22. The second kappa shape index (κ2) is 7.63. The highest BCUT2D eigenvalue weighted by molar-refractivity contribution is 7.99. The Kier molecular flexibility index (Phi) is 5.04. The summed E-state index contributed by atoms with van der Waals surface area (Å²) < 4.78 is 13.2. The van der Waals surface area contributed by atoms with Gasteiger partial charge in [0.05, 0.1) is 11.4 Å². The number of nitrogens with zero attached hydrogens (tertiary/aromatic N) is 3. The molecule has 2 aromatic carbocycles. The smallest absolute Gasteiger partial charge is 0.274 e. The van der Waals surface area contributed by atoms with Crippen LogP contribution in [0.4, 0.5) is 15.8 Å². The zero-order valence-corrected chi connectivity index (χ0v) is 15.9. The van der Waals surface area contributed by atoms with Crippen LogP contribution in [0.5, 0.6) is 0 Å². The van der Waals surface area contributed by atoms with E-state index in [0.717, 1.165) is 22.8 Å². The number of hydrogen-bond acceptors (Lipinski definition) is 5. The van der Waals surface area contributed by atoms with Crippen molar-refractivity contribution in [2.24, 2.45) is 10.8 Å². The van der Waals surface area contributed by atoms with Crippen molar-refractivity contribution < 1.29 is 14.0 Å². The van der Waals surface area contributed by atoms with E-state index < -0.39 is 17.8 Å². The Bertz CT molecular complexity index is 947. The summed E-state index contributed by atoms with van der Waals surface area (Å²) in [5.74, 6) is -0.273. The lowest BCUT2D eigenvalue weighted by molar-refractivity contribution is -0.119. The molecule has 1 atom stereocenters. The Labute approximate surface area is 166 Å². The lowest BCUT2D eigenvalue weighted by Crippen LogP contribution is -2.40. The number of anilines is 2. The molecule has 2 heterocycles. The van der Waals surface area contributed by atoms with Gasteiger partial charge in [-0.3, -0.25) is 14.6 Å². The molecule has 2 amide bonds. The van der Waals surface area contributed by atoms with Gasteiger partial charge in [-0.2, -0.15) is 5.10 Å². The van der Waals surface area contributed by atoms with Crippen molar-refractivity contribution in [2.75, 3.05) is 22.2 Å². The quantitative estimate of drug-likeness (QED) is 0.862. The molecule has 2 N–H and O–H groups in total. The van der Waals surface area contributed by atoms with E-state index in [4.69, 9.17) is 5.73 Å². The molecule has 28 heavy (non-hydrogen) atoms. The van der Waals surface area contributed by atoms with Crippen LogP contribution < -0.4 is 15.6 Å². The SMILES string of the molecule is NC(=O)C1CC(C(=O)N2CCCSc3ccccc32)=NN1c1ccc(F)cc1. The van der Waals surface area contributed by atoms with Crippen LogP contribution in [-0.4, -0.2) is 35.9 Å². The summed E-state index contributed by atoms with van der Waals surface area (Å²) in [6.45, 7) is 0.583. The number of carbonyl (C=O) groups excluding carboxylic acids is 2. The average Bonchev–Trinajstić information content (AvgIpc) is 3.03. The minimum Gasteiger partial charge on any atom is -0.368 e. The molecule has 6 nitrogen and oxygen atoms in total. The molecule has 0 radical (unpaired) electrons. The van der Waals surface area contributed by atoms with Gasteiger partial charge in [-0.05, 0) is 48.6 Å². The molecular weight excluding hydrogens is 379 g/mol. The first-order valence-corrected chi connectivity index (χ1v) is 9.98. The molecule has 144 valence electrons. The second-order valence-corrected chi connectivity index (χ2v) is 7.75. The molecule has 0 saturated heterocycles. The van der Waals surface area contributed by atoms with Gasteiger partial charge in [-0.15, -0.1) is 11.8 Å².